The summed E-state index contributed by atoms with van der Waals surface area (Å²) in [5.41, 5.74) is 9.17. The second kappa shape index (κ2) is 5.53. The molecular weight excluding hydrogens is 234 g/mol. The van der Waals surface area contributed by atoms with Crippen molar-refractivity contribution in [3.05, 3.63) is 47.7 Å². The fourth-order valence-electron chi connectivity index (χ4n) is 2.11. The van der Waals surface area contributed by atoms with Gasteiger partial charge in [0.05, 0.1) is 0 Å². The quantitative estimate of drug-likeness (QED) is 0.909. The summed E-state index contributed by atoms with van der Waals surface area (Å²) in [5, 5.41) is 9.26. The highest BCUT2D eigenvalue weighted by atomic mass is 14.8. The third-order valence-corrected chi connectivity index (χ3v) is 2.91. The molecule has 1 aromatic heterocycles. The predicted octanol–water partition coefficient (Wildman–Crippen LogP) is 3.40. The molecule has 2 aromatic rings. The van der Waals surface area contributed by atoms with Crippen LogP contribution in [0.4, 0.5) is 5.82 Å². The van der Waals surface area contributed by atoms with Gasteiger partial charge >= 0.3 is 0 Å². The molecule has 3 nitrogen and oxygen atoms in total. The van der Waals surface area contributed by atoms with Crippen molar-refractivity contribution >= 4 is 5.82 Å². The van der Waals surface area contributed by atoms with Crippen LogP contribution >= 0.6 is 0 Å². The molecule has 0 unspecified atom stereocenters. The van der Waals surface area contributed by atoms with Gasteiger partial charge in [-0.15, -0.1) is 0 Å². The van der Waals surface area contributed by atoms with E-state index in [1.807, 2.05) is 36.4 Å². The van der Waals surface area contributed by atoms with Crippen LogP contribution in [0.25, 0.3) is 11.1 Å². The third-order valence-electron chi connectivity index (χ3n) is 2.91. The van der Waals surface area contributed by atoms with E-state index < -0.39 is 0 Å². The van der Waals surface area contributed by atoms with Crippen LogP contribution in [0.2, 0.25) is 0 Å². The molecule has 0 spiro atoms. The van der Waals surface area contributed by atoms with Gasteiger partial charge in [0.25, 0.3) is 0 Å². The Hall–Kier alpha value is -2.34. The lowest BCUT2D eigenvalue weighted by atomic mass is 9.98. The largest absolute Gasteiger partial charge is 0.383 e. The van der Waals surface area contributed by atoms with E-state index in [-0.39, 0.29) is 0 Å². The van der Waals surface area contributed by atoms with E-state index in [4.69, 9.17) is 5.73 Å². The van der Waals surface area contributed by atoms with E-state index >= 15 is 0 Å². The fraction of sp³-hybridized carbons (Fsp3) is 0.250. The Kier molecular flexibility index (Phi) is 3.82. The molecule has 2 N–H and O–H groups in total. The topological polar surface area (TPSA) is 62.7 Å². The minimum absolute atomic E-state index is 0.319. The van der Waals surface area contributed by atoms with Crippen LogP contribution in [-0.4, -0.2) is 4.98 Å². The van der Waals surface area contributed by atoms with Crippen molar-refractivity contribution in [1.29, 1.82) is 5.26 Å². The van der Waals surface area contributed by atoms with Gasteiger partial charge in [-0.1, -0.05) is 44.2 Å². The number of pyridine rings is 1. The Bertz CT molecular complexity index is 610. The number of rotatable bonds is 3. The number of hydrogen-bond donors (Lipinski definition) is 1. The van der Waals surface area contributed by atoms with Crippen LogP contribution in [0.3, 0.4) is 0 Å². The van der Waals surface area contributed by atoms with Crippen molar-refractivity contribution in [1.82, 2.24) is 4.98 Å². The zero-order valence-electron chi connectivity index (χ0n) is 11.2. The molecule has 0 aliphatic carbocycles. The summed E-state index contributed by atoms with van der Waals surface area (Å²) in [6.45, 7) is 4.27. The van der Waals surface area contributed by atoms with Gasteiger partial charge in [0, 0.05) is 11.3 Å². The first-order valence-electron chi connectivity index (χ1n) is 6.36. The van der Waals surface area contributed by atoms with Crippen LogP contribution in [-0.2, 0) is 6.42 Å². The number of nitrogens with zero attached hydrogens (tertiary/aromatic N) is 2. The molecule has 1 aromatic carbocycles. The van der Waals surface area contributed by atoms with E-state index in [9.17, 15) is 5.26 Å². The van der Waals surface area contributed by atoms with Crippen LogP contribution in [0.15, 0.2) is 36.4 Å². The molecule has 0 saturated carbocycles. The van der Waals surface area contributed by atoms with Gasteiger partial charge in [0.1, 0.15) is 17.5 Å². The molecular formula is C16H17N3. The highest BCUT2D eigenvalue weighted by Gasteiger charge is 2.12. The molecule has 3 heteroatoms. The number of nitrogens with two attached hydrogens (primary N) is 1. The highest BCUT2D eigenvalue weighted by molar-refractivity contribution is 5.75. The lowest BCUT2D eigenvalue weighted by Gasteiger charge is -2.11. The minimum Gasteiger partial charge on any atom is -0.383 e. The fourth-order valence-corrected chi connectivity index (χ4v) is 2.11. The molecule has 0 bridgehead atoms. The van der Waals surface area contributed by atoms with Crippen molar-refractivity contribution in [2.75, 3.05) is 5.73 Å². The second-order valence-corrected chi connectivity index (χ2v) is 5.00. The minimum atomic E-state index is 0.319. The Morgan fingerprint density at radius 3 is 2.53 bits per heavy atom. The van der Waals surface area contributed by atoms with Crippen LogP contribution in [0.5, 0.6) is 0 Å². The molecule has 0 aliphatic rings. The molecule has 0 amide bonds. The summed E-state index contributed by atoms with van der Waals surface area (Å²) in [4.78, 5) is 4.33. The highest BCUT2D eigenvalue weighted by Crippen LogP contribution is 2.27. The zero-order chi connectivity index (χ0) is 13.8. The van der Waals surface area contributed by atoms with E-state index in [0.29, 0.717) is 17.3 Å². The number of anilines is 1. The van der Waals surface area contributed by atoms with Crippen molar-refractivity contribution in [3.8, 4) is 17.2 Å². The Morgan fingerprint density at radius 1 is 1.26 bits per heavy atom. The molecule has 19 heavy (non-hydrogen) atoms. The Balaban J connectivity index is 2.58. The molecule has 96 valence electrons. The monoisotopic (exact) mass is 251 g/mol. The van der Waals surface area contributed by atoms with E-state index in [1.165, 1.54) is 0 Å². The van der Waals surface area contributed by atoms with Crippen LogP contribution in [0, 0.1) is 17.2 Å². The Labute approximate surface area is 113 Å². The summed E-state index contributed by atoms with van der Waals surface area (Å²) in [5.74, 6) is 0.822. The summed E-state index contributed by atoms with van der Waals surface area (Å²) < 4.78 is 0. The predicted molar refractivity (Wildman–Crippen MR) is 77.3 cm³/mol. The van der Waals surface area contributed by atoms with Gasteiger partial charge in [0.2, 0.25) is 0 Å². The molecule has 0 fully saturated rings. The van der Waals surface area contributed by atoms with Gasteiger partial charge in [-0.05, 0) is 24.0 Å². The Morgan fingerprint density at radius 2 is 1.95 bits per heavy atom. The normalized spacial score (nSPS) is 10.4. The standard InChI is InChI=1S/C16H17N3/c1-11(2)8-13-9-14(12-6-4-3-5-7-12)15(10-17)16(18)19-13/h3-7,9,11H,8H2,1-2H3,(H2,18,19). The summed E-state index contributed by atoms with van der Waals surface area (Å²) in [7, 11) is 0. The summed E-state index contributed by atoms with van der Waals surface area (Å²) >= 11 is 0. The zero-order valence-corrected chi connectivity index (χ0v) is 11.2. The molecule has 0 radical (unpaired) electrons. The van der Waals surface area contributed by atoms with E-state index in [0.717, 1.165) is 23.2 Å². The van der Waals surface area contributed by atoms with Crippen molar-refractivity contribution in [2.45, 2.75) is 20.3 Å². The lowest BCUT2D eigenvalue weighted by Crippen LogP contribution is -2.04. The maximum absolute atomic E-state index is 9.26. The second-order valence-electron chi connectivity index (χ2n) is 5.00. The molecule has 2 rings (SSSR count). The van der Waals surface area contributed by atoms with Crippen LogP contribution in [0.1, 0.15) is 25.1 Å². The summed E-state index contributed by atoms with van der Waals surface area (Å²) in [6.07, 6.45) is 0.857. The van der Waals surface area contributed by atoms with Crippen molar-refractivity contribution < 1.29 is 0 Å². The average molecular weight is 251 g/mol. The smallest absolute Gasteiger partial charge is 0.142 e. The molecule has 0 saturated heterocycles. The van der Waals surface area contributed by atoms with Gasteiger partial charge in [-0.3, -0.25) is 0 Å². The number of nitrogen functional groups attached to an aromatic ring is 1. The number of aromatic nitrogens is 1. The SMILES string of the molecule is CC(C)Cc1cc(-c2ccccc2)c(C#N)c(N)n1. The summed E-state index contributed by atoms with van der Waals surface area (Å²) in [6, 6.07) is 14.0. The number of hydrogen-bond acceptors (Lipinski definition) is 3. The lowest BCUT2D eigenvalue weighted by molar-refractivity contribution is 0.636. The van der Waals surface area contributed by atoms with Gasteiger partial charge in [-0.25, -0.2) is 4.98 Å². The maximum atomic E-state index is 9.26. The number of nitriles is 1. The molecule has 0 aliphatic heterocycles. The van der Waals surface area contributed by atoms with E-state index in [1.54, 1.807) is 0 Å². The van der Waals surface area contributed by atoms with Crippen LogP contribution < -0.4 is 5.73 Å². The first-order valence-corrected chi connectivity index (χ1v) is 6.36. The third kappa shape index (κ3) is 2.92. The first kappa shape index (κ1) is 13.1. The first-order chi connectivity index (χ1) is 9.11. The van der Waals surface area contributed by atoms with Crippen molar-refractivity contribution in [3.63, 3.8) is 0 Å². The van der Waals surface area contributed by atoms with Gasteiger partial charge < -0.3 is 5.73 Å². The van der Waals surface area contributed by atoms with E-state index in [2.05, 4.69) is 24.9 Å². The van der Waals surface area contributed by atoms with Gasteiger partial charge in [0.15, 0.2) is 0 Å². The number of benzene rings is 1. The average Bonchev–Trinajstić information content (AvgIpc) is 2.38. The van der Waals surface area contributed by atoms with Gasteiger partial charge in [-0.2, -0.15) is 5.26 Å². The molecule has 1 heterocycles. The van der Waals surface area contributed by atoms with Crippen molar-refractivity contribution in [2.24, 2.45) is 5.92 Å². The maximum Gasteiger partial charge on any atom is 0.142 e. The molecule has 0 atom stereocenters.